The molecular weight excluding hydrogens is 331 g/mol. The Kier molecular flexibility index (Phi) is 4.75. The molecule has 0 saturated carbocycles. The number of nitrogens with one attached hydrogen (secondary N) is 1. The first-order valence-electron chi connectivity index (χ1n) is 8.58. The third-order valence-corrected chi connectivity index (χ3v) is 4.17. The molecule has 1 aromatic heterocycles. The summed E-state index contributed by atoms with van der Waals surface area (Å²) in [6.45, 7) is 2.81. The van der Waals surface area contributed by atoms with Gasteiger partial charge in [-0.1, -0.05) is 36.4 Å². The van der Waals surface area contributed by atoms with Crippen LogP contribution in [0.1, 0.15) is 0 Å². The van der Waals surface area contributed by atoms with E-state index in [0.717, 1.165) is 24.3 Å². The van der Waals surface area contributed by atoms with E-state index in [0.29, 0.717) is 30.7 Å². The maximum atomic E-state index is 13.5. The van der Waals surface area contributed by atoms with Crippen LogP contribution in [0.5, 0.6) is 0 Å². The third kappa shape index (κ3) is 3.81. The molecule has 5 nitrogen and oxygen atoms in total. The second-order valence-electron chi connectivity index (χ2n) is 6.04. The minimum absolute atomic E-state index is 0.291. The zero-order valence-corrected chi connectivity index (χ0v) is 14.2. The first-order chi connectivity index (χ1) is 12.8. The Bertz CT molecular complexity index is 882. The highest BCUT2D eigenvalue weighted by molar-refractivity contribution is 5.67. The van der Waals surface area contributed by atoms with Crippen LogP contribution in [0.3, 0.4) is 0 Å². The smallest absolute Gasteiger partial charge is 0.228 e. The predicted molar refractivity (Wildman–Crippen MR) is 100 cm³/mol. The van der Waals surface area contributed by atoms with Crippen molar-refractivity contribution in [2.24, 2.45) is 0 Å². The van der Waals surface area contributed by atoms with E-state index in [1.807, 2.05) is 42.5 Å². The summed E-state index contributed by atoms with van der Waals surface area (Å²) in [6, 6.07) is 18.2. The van der Waals surface area contributed by atoms with Crippen molar-refractivity contribution in [3.8, 4) is 11.3 Å². The van der Waals surface area contributed by atoms with Gasteiger partial charge in [0.1, 0.15) is 11.6 Å². The van der Waals surface area contributed by atoms with Gasteiger partial charge in [-0.05, 0) is 18.2 Å². The predicted octanol–water partition coefficient (Wildman–Crippen LogP) is 3.86. The molecule has 0 spiro atoms. The quantitative estimate of drug-likeness (QED) is 0.774. The minimum atomic E-state index is -0.291. The van der Waals surface area contributed by atoms with Crippen molar-refractivity contribution in [3.05, 3.63) is 66.5 Å². The van der Waals surface area contributed by atoms with Crippen LogP contribution < -0.4 is 10.2 Å². The molecule has 6 heteroatoms. The number of nitrogens with zero attached hydrogens (tertiary/aromatic N) is 3. The summed E-state index contributed by atoms with van der Waals surface area (Å²) in [6.07, 6.45) is 0. The molecule has 0 radical (unpaired) electrons. The SMILES string of the molecule is Fc1cccc(Nc2cc(-c3ccccc3)nc(N3CCOCC3)n2)c1. The Balaban J connectivity index is 1.72. The van der Waals surface area contributed by atoms with Crippen LogP contribution in [0.2, 0.25) is 0 Å². The van der Waals surface area contributed by atoms with Crippen LogP contribution in [0.4, 0.5) is 21.8 Å². The molecule has 3 aromatic rings. The monoisotopic (exact) mass is 350 g/mol. The minimum Gasteiger partial charge on any atom is -0.378 e. The molecule has 26 heavy (non-hydrogen) atoms. The maximum absolute atomic E-state index is 13.5. The molecule has 1 aliphatic heterocycles. The zero-order valence-electron chi connectivity index (χ0n) is 14.2. The van der Waals surface area contributed by atoms with Gasteiger partial charge < -0.3 is 15.0 Å². The number of halogens is 1. The van der Waals surface area contributed by atoms with Crippen molar-refractivity contribution in [2.75, 3.05) is 36.5 Å². The molecule has 1 fully saturated rings. The molecule has 1 saturated heterocycles. The Morgan fingerprint density at radius 1 is 0.923 bits per heavy atom. The number of anilines is 3. The van der Waals surface area contributed by atoms with Crippen molar-refractivity contribution < 1.29 is 9.13 Å². The van der Waals surface area contributed by atoms with Gasteiger partial charge in [0.05, 0.1) is 18.9 Å². The summed E-state index contributed by atoms with van der Waals surface area (Å²) >= 11 is 0. The molecule has 2 heterocycles. The van der Waals surface area contributed by atoms with E-state index in [-0.39, 0.29) is 5.82 Å². The van der Waals surface area contributed by atoms with Crippen LogP contribution in [0.25, 0.3) is 11.3 Å². The van der Waals surface area contributed by atoms with Crippen molar-refractivity contribution in [3.63, 3.8) is 0 Å². The molecule has 0 atom stereocenters. The number of benzene rings is 2. The van der Waals surface area contributed by atoms with Crippen LogP contribution in [0, 0.1) is 5.82 Å². The maximum Gasteiger partial charge on any atom is 0.228 e. The van der Waals surface area contributed by atoms with Crippen molar-refractivity contribution in [1.82, 2.24) is 9.97 Å². The van der Waals surface area contributed by atoms with E-state index >= 15 is 0 Å². The normalized spacial score (nSPS) is 14.3. The van der Waals surface area contributed by atoms with Gasteiger partial charge in [0.25, 0.3) is 0 Å². The first kappa shape index (κ1) is 16.5. The lowest BCUT2D eigenvalue weighted by molar-refractivity contribution is 0.122. The van der Waals surface area contributed by atoms with Gasteiger partial charge in [-0.15, -0.1) is 0 Å². The number of rotatable bonds is 4. The molecule has 0 bridgehead atoms. The Hall–Kier alpha value is -2.99. The van der Waals surface area contributed by atoms with Gasteiger partial charge >= 0.3 is 0 Å². The molecule has 4 rings (SSSR count). The van der Waals surface area contributed by atoms with E-state index < -0.39 is 0 Å². The second-order valence-corrected chi connectivity index (χ2v) is 6.04. The molecule has 132 valence electrons. The van der Waals surface area contributed by atoms with Crippen LogP contribution >= 0.6 is 0 Å². The van der Waals surface area contributed by atoms with Gasteiger partial charge in [-0.3, -0.25) is 0 Å². The number of morpholine rings is 1. The van der Waals surface area contributed by atoms with Crippen molar-refractivity contribution in [1.29, 1.82) is 0 Å². The summed E-state index contributed by atoms with van der Waals surface area (Å²) in [5, 5.41) is 3.19. The Morgan fingerprint density at radius 2 is 1.73 bits per heavy atom. The first-order valence-corrected chi connectivity index (χ1v) is 8.58. The number of aromatic nitrogens is 2. The summed E-state index contributed by atoms with van der Waals surface area (Å²) in [4.78, 5) is 11.5. The standard InChI is InChI=1S/C20H19FN4O/c21-16-7-4-8-17(13-16)22-19-14-18(15-5-2-1-3-6-15)23-20(24-19)25-9-11-26-12-10-25/h1-8,13-14H,9-12H2,(H,22,23,24). The summed E-state index contributed by atoms with van der Waals surface area (Å²) < 4.78 is 18.9. The highest BCUT2D eigenvalue weighted by Gasteiger charge is 2.16. The highest BCUT2D eigenvalue weighted by Crippen LogP contribution is 2.25. The average Bonchev–Trinajstić information content (AvgIpc) is 2.69. The van der Waals surface area contributed by atoms with Crippen molar-refractivity contribution in [2.45, 2.75) is 0 Å². The summed E-state index contributed by atoms with van der Waals surface area (Å²) in [7, 11) is 0. The molecular formula is C20H19FN4O. The fraction of sp³-hybridized carbons (Fsp3) is 0.200. The van der Waals surface area contributed by atoms with Crippen LogP contribution in [-0.2, 0) is 4.74 Å². The van der Waals surface area contributed by atoms with Gasteiger partial charge in [0.2, 0.25) is 5.95 Å². The lowest BCUT2D eigenvalue weighted by Gasteiger charge is -2.27. The number of ether oxygens (including phenoxy) is 1. The fourth-order valence-electron chi connectivity index (χ4n) is 2.87. The molecule has 0 aliphatic carbocycles. The van der Waals surface area contributed by atoms with Gasteiger partial charge in [0, 0.05) is 30.4 Å². The van der Waals surface area contributed by atoms with E-state index in [9.17, 15) is 4.39 Å². The van der Waals surface area contributed by atoms with E-state index in [1.54, 1.807) is 6.07 Å². The lowest BCUT2D eigenvalue weighted by atomic mass is 10.1. The number of hydrogen-bond donors (Lipinski definition) is 1. The van der Waals surface area contributed by atoms with Gasteiger partial charge in [0.15, 0.2) is 0 Å². The van der Waals surface area contributed by atoms with E-state index in [2.05, 4.69) is 15.2 Å². The van der Waals surface area contributed by atoms with E-state index in [4.69, 9.17) is 9.72 Å². The van der Waals surface area contributed by atoms with Crippen LogP contribution in [-0.4, -0.2) is 36.3 Å². The van der Waals surface area contributed by atoms with E-state index in [1.165, 1.54) is 12.1 Å². The van der Waals surface area contributed by atoms with Crippen molar-refractivity contribution >= 4 is 17.5 Å². The molecule has 1 aliphatic rings. The highest BCUT2D eigenvalue weighted by atomic mass is 19.1. The largest absolute Gasteiger partial charge is 0.378 e. The van der Waals surface area contributed by atoms with Gasteiger partial charge in [-0.2, -0.15) is 4.98 Å². The fourth-order valence-corrected chi connectivity index (χ4v) is 2.87. The topological polar surface area (TPSA) is 50.3 Å². The average molecular weight is 350 g/mol. The van der Waals surface area contributed by atoms with Crippen LogP contribution in [0.15, 0.2) is 60.7 Å². The molecule has 2 aromatic carbocycles. The Morgan fingerprint density at radius 3 is 2.50 bits per heavy atom. The lowest BCUT2D eigenvalue weighted by Crippen LogP contribution is -2.37. The number of hydrogen-bond acceptors (Lipinski definition) is 5. The molecule has 0 amide bonds. The zero-order chi connectivity index (χ0) is 17.8. The summed E-state index contributed by atoms with van der Waals surface area (Å²) in [5.41, 5.74) is 2.48. The third-order valence-electron chi connectivity index (χ3n) is 4.17. The summed E-state index contributed by atoms with van der Waals surface area (Å²) in [5.74, 6) is 0.986. The molecule has 1 N–H and O–H groups in total. The second kappa shape index (κ2) is 7.49. The molecule has 0 unspecified atom stereocenters. The Labute approximate surface area is 151 Å². The van der Waals surface area contributed by atoms with Gasteiger partial charge in [-0.25, -0.2) is 9.37 Å².